The first-order valence-corrected chi connectivity index (χ1v) is 10.7. The predicted molar refractivity (Wildman–Crippen MR) is 113 cm³/mol. The molecule has 0 spiro atoms. The van der Waals surface area contributed by atoms with Crippen LogP contribution in [0.5, 0.6) is 0 Å². The third kappa shape index (κ3) is 4.93. The van der Waals surface area contributed by atoms with Crippen LogP contribution in [0.15, 0.2) is 77.8 Å². The Morgan fingerprint density at radius 2 is 1.76 bits per heavy atom. The maximum atomic E-state index is 13.3. The average Bonchev–Trinajstić information content (AvgIpc) is 2.74. The summed E-state index contributed by atoms with van der Waals surface area (Å²) in [7, 11) is -3.97. The Balaban J connectivity index is 1.91. The number of rotatable bonds is 7. The van der Waals surface area contributed by atoms with Gasteiger partial charge < -0.3 is 5.32 Å². The molecule has 150 valence electrons. The van der Waals surface area contributed by atoms with Crippen molar-refractivity contribution in [1.29, 1.82) is 0 Å². The number of nitrogens with one attached hydrogen (secondary N) is 1. The average molecular weight is 430 g/mol. The first-order chi connectivity index (χ1) is 13.9. The van der Waals surface area contributed by atoms with Crippen LogP contribution in [0.2, 0.25) is 5.02 Å². The van der Waals surface area contributed by atoms with Crippen LogP contribution in [0.4, 0.5) is 5.69 Å². The highest BCUT2D eigenvalue weighted by Gasteiger charge is 2.28. The Hall–Kier alpha value is -2.90. The molecule has 1 aromatic heterocycles. The van der Waals surface area contributed by atoms with Gasteiger partial charge in [-0.2, -0.15) is 0 Å². The van der Waals surface area contributed by atoms with Crippen molar-refractivity contribution in [2.75, 3.05) is 10.8 Å². The first kappa shape index (κ1) is 20.8. The largest absolute Gasteiger partial charge is 0.349 e. The van der Waals surface area contributed by atoms with E-state index in [-0.39, 0.29) is 18.0 Å². The molecule has 3 aromatic rings. The Morgan fingerprint density at radius 1 is 1.03 bits per heavy atom. The summed E-state index contributed by atoms with van der Waals surface area (Å²) >= 11 is 6.20. The molecule has 0 fully saturated rings. The third-order valence-electron chi connectivity index (χ3n) is 4.32. The molecule has 0 aliphatic carbocycles. The second kappa shape index (κ2) is 9.07. The van der Waals surface area contributed by atoms with Crippen molar-refractivity contribution in [3.63, 3.8) is 0 Å². The Kier molecular flexibility index (Phi) is 6.51. The van der Waals surface area contributed by atoms with Gasteiger partial charge in [-0.25, -0.2) is 8.42 Å². The molecule has 29 heavy (non-hydrogen) atoms. The van der Waals surface area contributed by atoms with E-state index >= 15 is 0 Å². The summed E-state index contributed by atoms with van der Waals surface area (Å²) in [5.41, 5.74) is 1.61. The molecular weight excluding hydrogens is 410 g/mol. The van der Waals surface area contributed by atoms with E-state index in [0.717, 1.165) is 4.31 Å². The monoisotopic (exact) mass is 429 g/mol. The summed E-state index contributed by atoms with van der Waals surface area (Å²) in [6.45, 7) is 1.54. The van der Waals surface area contributed by atoms with Gasteiger partial charge in [0.05, 0.1) is 22.8 Å². The zero-order valence-corrected chi connectivity index (χ0v) is 17.3. The number of amides is 1. The summed E-state index contributed by atoms with van der Waals surface area (Å²) in [5, 5.41) is 3.14. The lowest BCUT2D eigenvalue weighted by Crippen LogP contribution is -2.41. The molecule has 0 radical (unpaired) electrons. The fourth-order valence-electron chi connectivity index (χ4n) is 2.76. The van der Waals surface area contributed by atoms with Crippen molar-refractivity contribution < 1.29 is 13.2 Å². The van der Waals surface area contributed by atoms with E-state index in [1.165, 1.54) is 12.1 Å². The minimum Gasteiger partial charge on any atom is -0.349 e. The SMILES string of the molecule is Cc1c(Cl)cccc1N(CC(=O)NCc1ccccn1)S(=O)(=O)c1ccccc1. The number of benzene rings is 2. The minimum absolute atomic E-state index is 0.0944. The van der Waals surface area contributed by atoms with Gasteiger partial charge in [-0.15, -0.1) is 0 Å². The molecule has 6 nitrogen and oxygen atoms in total. The van der Waals surface area contributed by atoms with Gasteiger partial charge in [0.1, 0.15) is 6.54 Å². The number of carbonyl (C=O) groups excluding carboxylic acids is 1. The van der Waals surface area contributed by atoms with Gasteiger partial charge in [-0.1, -0.05) is 41.9 Å². The summed E-state index contributed by atoms with van der Waals surface area (Å²) in [5.74, 6) is -0.450. The van der Waals surface area contributed by atoms with Crippen LogP contribution in [-0.4, -0.2) is 25.9 Å². The standard InChI is InChI=1S/C21H20ClN3O3S/c1-16-19(22)11-7-12-20(16)25(29(27,28)18-9-3-2-4-10-18)15-21(26)24-14-17-8-5-6-13-23-17/h2-13H,14-15H2,1H3,(H,24,26). The minimum atomic E-state index is -3.97. The molecule has 0 unspecified atom stereocenters. The van der Waals surface area contributed by atoms with Gasteiger partial charge in [0.2, 0.25) is 5.91 Å². The zero-order chi connectivity index (χ0) is 20.9. The number of nitrogens with zero attached hydrogens (tertiary/aromatic N) is 2. The number of sulfonamides is 1. The smallest absolute Gasteiger partial charge is 0.264 e. The van der Waals surface area contributed by atoms with Gasteiger partial charge >= 0.3 is 0 Å². The van der Waals surface area contributed by atoms with Crippen LogP contribution >= 0.6 is 11.6 Å². The number of aromatic nitrogens is 1. The third-order valence-corrected chi connectivity index (χ3v) is 6.50. The van der Waals surface area contributed by atoms with E-state index in [9.17, 15) is 13.2 Å². The second-order valence-corrected chi connectivity index (χ2v) is 8.58. The Morgan fingerprint density at radius 3 is 2.45 bits per heavy atom. The van der Waals surface area contributed by atoms with Crippen LogP contribution in [-0.2, 0) is 21.4 Å². The van der Waals surface area contributed by atoms with Crippen molar-refractivity contribution in [2.24, 2.45) is 0 Å². The normalized spacial score (nSPS) is 11.1. The van der Waals surface area contributed by atoms with Gasteiger partial charge in [-0.05, 0) is 48.9 Å². The highest BCUT2D eigenvalue weighted by molar-refractivity contribution is 7.92. The lowest BCUT2D eigenvalue weighted by atomic mass is 10.2. The maximum Gasteiger partial charge on any atom is 0.264 e. The van der Waals surface area contributed by atoms with Crippen molar-refractivity contribution in [3.05, 3.63) is 89.2 Å². The number of pyridine rings is 1. The number of hydrogen-bond donors (Lipinski definition) is 1. The summed E-state index contributed by atoms with van der Waals surface area (Å²) < 4.78 is 27.7. The molecule has 1 heterocycles. The lowest BCUT2D eigenvalue weighted by Gasteiger charge is -2.26. The van der Waals surface area contributed by atoms with Crippen LogP contribution in [0, 0.1) is 6.92 Å². The van der Waals surface area contributed by atoms with E-state index in [4.69, 9.17) is 11.6 Å². The van der Waals surface area contributed by atoms with E-state index in [1.807, 2.05) is 6.07 Å². The molecule has 0 saturated heterocycles. The van der Waals surface area contributed by atoms with Crippen molar-refractivity contribution in [2.45, 2.75) is 18.4 Å². The second-order valence-electron chi connectivity index (χ2n) is 6.31. The molecule has 0 saturated carbocycles. The number of anilines is 1. The summed E-state index contributed by atoms with van der Waals surface area (Å²) in [6, 6.07) is 18.3. The Bertz CT molecular complexity index is 1090. The molecule has 3 rings (SSSR count). The number of halogens is 1. The van der Waals surface area contributed by atoms with Crippen LogP contribution in [0.3, 0.4) is 0 Å². The van der Waals surface area contributed by atoms with Gasteiger partial charge in [-0.3, -0.25) is 14.1 Å². The van der Waals surface area contributed by atoms with E-state index in [2.05, 4.69) is 10.3 Å². The van der Waals surface area contributed by atoms with E-state index < -0.39 is 15.9 Å². The summed E-state index contributed by atoms with van der Waals surface area (Å²) in [6.07, 6.45) is 1.63. The van der Waals surface area contributed by atoms with Crippen molar-refractivity contribution >= 4 is 33.2 Å². The maximum absolute atomic E-state index is 13.3. The number of carbonyl (C=O) groups is 1. The quantitative estimate of drug-likeness (QED) is 0.622. The fourth-order valence-corrected chi connectivity index (χ4v) is 4.43. The molecule has 0 atom stereocenters. The topological polar surface area (TPSA) is 79.4 Å². The highest BCUT2D eigenvalue weighted by Crippen LogP contribution is 2.30. The zero-order valence-electron chi connectivity index (χ0n) is 15.7. The van der Waals surface area contributed by atoms with Gasteiger partial charge in [0, 0.05) is 11.2 Å². The molecular formula is C21H20ClN3O3S. The molecule has 0 aliphatic rings. The van der Waals surface area contributed by atoms with Gasteiger partial charge in [0.25, 0.3) is 10.0 Å². The molecule has 0 aliphatic heterocycles. The predicted octanol–water partition coefficient (Wildman–Crippen LogP) is 3.56. The number of hydrogen-bond acceptors (Lipinski definition) is 4. The lowest BCUT2D eigenvalue weighted by molar-refractivity contribution is -0.119. The summed E-state index contributed by atoms with van der Waals surface area (Å²) in [4.78, 5) is 16.8. The Labute approximate surface area is 175 Å². The van der Waals surface area contributed by atoms with Crippen LogP contribution in [0.25, 0.3) is 0 Å². The van der Waals surface area contributed by atoms with Crippen molar-refractivity contribution in [3.8, 4) is 0 Å². The van der Waals surface area contributed by atoms with Gasteiger partial charge in [0.15, 0.2) is 0 Å². The molecule has 0 bridgehead atoms. The molecule has 8 heteroatoms. The highest BCUT2D eigenvalue weighted by atomic mass is 35.5. The van der Waals surface area contributed by atoms with E-state index in [1.54, 1.807) is 61.7 Å². The van der Waals surface area contributed by atoms with E-state index in [0.29, 0.717) is 22.0 Å². The van der Waals surface area contributed by atoms with Crippen LogP contribution < -0.4 is 9.62 Å². The fraction of sp³-hybridized carbons (Fsp3) is 0.143. The molecule has 1 N–H and O–H groups in total. The van der Waals surface area contributed by atoms with Crippen LogP contribution in [0.1, 0.15) is 11.3 Å². The first-order valence-electron chi connectivity index (χ1n) is 8.89. The molecule has 2 aromatic carbocycles. The molecule has 1 amide bonds. The van der Waals surface area contributed by atoms with Crippen molar-refractivity contribution in [1.82, 2.24) is 10.3 Å².